The Morgan fingerprint density at radius 3 is 1.58 bits per heavy atom. The fraction of sp³-hybridized carbons (Fsp3) is 0.0800. The van der Waals surface area contributed by atoms with E-state index in [-0.39, 0.29) is 36.0 Å². The molecule has 5 heterocycles. The number of aromatic carboxylic acids is 1. The molecular weight excluding hydrogens is 1020 g/mol. The number of benzene rings is 4. The summed E-state index contributed by atoms with van der Waals surface area (Å²) in [6, 6.07) is 43.4. The second-order valence-corrected chi connectivity index (χ2v) is 17.8. The van der Waals surface area contributed by atoms with Crippen molar-refractivity contribution in [3.63, 3.8) is 0 Å². The molecule has 0 atom stereocenters. The Balaban J connectivity index is 0.000000238. The van der Waals surface area contributed by atoms with Crippen LogP contribution in [-0.4, -0.2) is 39.5 Å². The predicted molar refractivity (Wildman–Crippen MR) is 297 cm³/mol. The third kappa shape index (κ3) is 21.3. The van der Waals surface area contributed by atoms with Crippen LogP contribution in [0.4, 0.5) is 53.4 Å². The Morgan fingerprint density at radius 1 is 0.648 bits per heavy atom. The van der Waals surface area contributed by atoms with Crippen molar-refractivity contribution in [1.82, 2.24) is 4.98 Å². The third-order valence-corrected chi connectivity index (χ3v) is 11.8. The fourth-order valence-electron chi connectivity index (χ4n) is 5.09. The number of nitrogens with one attached hydrogen (secondary N) is 5. The lowest BCUT2D eigenvalue weighted by atomic mass is 10.3. The minimum atomic E-state index is -1.06. The van der Waals surface area contributed by atoms with E-state index in [0.717, 1.165) is 38.3 Å². The summed E-state index contributed by atoms with van der Waals surface area (Å²) in [4.78, 5) is 63.7. The van der Waals surface area contributed by atoms with E-state index in [2.05, 4.69) is 36.6 Å². The van der Waals surface area contributed by atoms with Crippen molar-refractivity contribution >= 4 is 147 Å². The lowest BCUT2D eigenvalue weighted by molar-refractivity contribution is 0.0698. The number of hydrogen-bond donors (Lipinski definition) is 7. The quantitative estimate of drug-likeness (QED) is 0.0432. The molecule has 9 aromatic rings. The van der Waals surface area contributed by atoms with Crippen LogP contribution in [0.15, 0.2) is 181 Å². The van der Waals surface area contributed by atoms with Crippen LogP contribution in [0.25, 0.3) is 10.2 Å². The van der Waals surface area contributed by atoms with E-state index in [0.29, 0.717) is 26.6 Å². The van der Waals surface area contributed by atoms with Gasteiger partial charge in [0, 0.05) is 17.1 Å². The van der Waals surface area contributed by atoms with Gasteiger partial charge in [-0.2, -0.15) is 9.98 Å². The summed E-state index contributed by atoms with van der Waals surface area (Å²) in [5.41, 5.74) is 10.3. The number of nitrogens with zero attached hydrogens (tertiary/aromatic N) is 2. The summed E-state index contributed by atoms with van der Waals surface area (Å²) in [7, 11) is 0. The lowest BCUT2D eigenvalue weighted by Gasteiger charge is -2.06. The number of aliphatic imine (C=N–C) groups is 1. The first kappa shape index (κ1) is 57.7. The third-order valence-electron chi connectivity index (χ3n) is 8.39. The van der Waals surface area contributed by atoms with Crippen molar-refractivity contribution in [3.05, 3.63) is 194 Å². The fourth-order valence-corrected chi connectivity index (χ4v) is 8.10. The van der Waals surface area contributed by atoms with Gasteiger partial charge in [-0.1, -0.05) is 80.2 Å². The molecule has 0 aliphatic rings. The second-order valence-electron chi connectivity index (χ2n) is 13.3. The molecule has 0 aliphatic heterocycles. The van der Waals surface area contributed by atoms with E-state index < -0.39 is 12.0 Å². The molecule has 4 aromatic carbocycles. The van der Waals surface area contributed by atoms with Gasteiger partial charge in [-0.25, -0.2) is 24.0 Å². The Kier molecular flexibility index (Phi) is 26.2. The highest BCUT2D eigenvalue weighted by Crippen LogP contribution is 2.24. The maximum absolute atomic E-state index is 11.6. The number of halogens is 2. The molecule has 8 N–H and O–H groups in total. The summed E-state index contributed by atoms with van der Waals surface area (Å²) < 4.78 is 5.08. The number of para-hydroxylation sites is 4. The average Bonchev–Trinajstić information content (AvgIpc) is 4.19. The standard InChI is InChI=1S/C12H10N2O3S.C12H8N2O2S.C12H12N2OS.C7H5NO.C5H7NS.CH2Cl2.CH4/c15-11(16)9-6-7-18-10(9)14-12(17)13-8-4-2-1-3-5-8;15-11-9-6-7-17-10(9)14-12(16-11)13-8-4-2-1-3-5-8;1-9-7-8-16-11(9)14-12(15)13-10-5-3-2-4-6-10;9-6-8-7-4-2-1-3-5-7;1-4-2-3-7-5(4)6;2-1-3;/h1-7H,(H,15,16)(H2,13,14,17);1-7H,(H,13,14);2-8H,1H3,(H2,13,14,15);1-5H;2-3H,6H2,1H3;1H2;1H4. The molecule has 9 rings (SSSR count). The van der Waals surface area contributed by atoms with Gasteiger partial charge < -0.3 is 31.2 Å². The monoisotopic (exact) mass is 1070 g/mol. The van der Waals surface area contributed by atoms with Crippen LogP contribution in [0.5, 0.6) is 0 Å². The molecule has 5 aromatic heterocycles. The first-order valence-electron chi connectivity index (χ1n) is 20.3. The zero-order valence-electron chi connectivity index (χ0n) is 37.1. The number of carbonyl (C=O) groups is 3. The summed E-state index contributed by atoms with van der Waals surface area (Å²) in [6.07, 6.45) is 1.46. The van der Waals surface area contributed by atoms with E-state index in [1.807, 2.05) is 127 Å². The van der Waals surface area contributed by atoms with Gasteiger partial charge >= 0.3 is 29.7 Å². The van der Waals surface area contributed by atoms with Crippen molar-refractivity contribution < 1.29 is 28.7 Å². The van der Waals surface area contributed by atoms with Crippen LogP contribution in [0, 0.1) is 13.8 Å². The molecule has 0 spiro atoms. The highest BCUT2D eigenvalue weighted by Gasteiger charge is 2.14. The number of carbonyl (C=O) groups excluding carboxylic acids is 3. The van der Waals surface area contributed by atoms with Gasteiger partial charge in [0.25, 0.3) is 0 Å². The van der Waals surface area contributed by atoms with Crippen LogP contribution in [0.2, 0.25) is 0 Å². The number of thiophene rings is 4. The van der Waals surface area contributed by atoms with Crippen LogP contribution in [0.1, 0.15) is 28.9 Å². The van der Waals surface area contributed by atoms with Crippen molar-refractivity contribution in [3.8, 4) is 0 Å². The minimum Gasteiger partial charge on any atom is -0.478 e. The maximum Gasteiger partial charge on any atom is 0.349 e. The summed E-state index contributed by atoms with van der Waals surface area (Å²) >= 11 is 15.2. The Morgan fingerprint density at radius 2 is 1.11 bits per heavy atom. The molecule has 15 nitrogen and oxygen atoms in total. The number of amides is 4. The van der Waals surface area contributed by atoms with E-state index >= 15 is 0 Å². The van der Waals surface area contributed by atoms with Crippen LogP contribution >= 0.6 is 68.5 Å². The van der Waals surface area contributed by atoms with Gasteiger partial charge in [0.05, 0.1) is 32.0 Å². The number of hydrogen-bond acceptors (Lipinski definition) is 14. The highest BCUT2D eigenvalue weighted by molar-refractivity contribution is 7.16. The Bertz CT molecular complexity index is 3060. The number of nitrogen functional groups attached to an aromatic ring is 1. The van der Waals surface area contributed by atoms with Gasteiger partial charge in [0.1, 0.15) is 9.83 Å². The number of aryl methyl sites for hydroxylation is 2. The molecule has 0 fully saturated rings. The molecule has 0 saturated carbocycles. The number of carboxylic acid groups (broad SMARTS) is 1. The lowest BCUT2D eigenvalue weighted by Crippen LogP contribution is -2.19. The number of urea groups is 2. The highest BCUT2D eigenvalue weighted by atomic mass is 35.5. The van der Waals surface area contributed by atoms with Gasteiger partial charge in [-0.15, -0.1) is 68.5 Å². The number of aromatic nitrogens is 1. The Labute approximate surface area is 435 Å². The average molecular weight is 1070 g/mol. The molecule has 0 bridgehead atoms. The molecule has 71 heavy (non-hydrogen) atoms. The first-order valence-corrected chi connectivity index (χ1v) is 24.8. The zero-order valence-corrected chi connectivity index (χ0v) is 41.9. The van der Waals surface area contributed by atoms with Crippen LogP contribution in [-0.2, 0) is 4.79 Å². The van der Waals surface area contributed by atoms with Gasteiger partial charge in [-0.3, -0.25) is 10.6 Å². The molecule has 0 saturated heterocycles. The van der Waals surface area contributed by atoms with E-state index in [9.17, 15) is 24.0 Å². The van der Waals surface area contributed by atoms with Gasteiger partial charge in [-0.05, 0) is 119 Å². The molecular formula is C50H48Cl2N8O7S4. The zero-order chi connectivity index (χ0) is 50.5. The first-order chi connectivity index (χ1) is 33.9. The summed E-state index contributed by atoms with van der Waals surface area (Å²) in [5.74, 6) is -1.06. The molecule has 0 radical (unpaired) electrons. The van der Waals surface area contributed by atoms with Gasteiger partial charge in [0.15, 0.2) is 0 Å². The summed E-state index contributed by atoms with van der Waals surface area (Å²) in [5, 5.41) is 32.8. The molecule has 4 amide bonds. The summed E-state index contributed by atoms with van der Waals surface area (Å²) in [6.45, 7) is 3.97. The van der Waals surface area contributed by atoms with Crippen LogP contribution < -0.4 is 37.9 Å². The molecule has 368 valence electrons. The minimum absolute atomic E-state index is 0. The maximum atomic E-state index is 11.6. The normalized spacial score (nSPS) is 9.41. The number of carboxylic acids is 1. The second kappa shape index (κ2) is 32.2. The van der Waals surface area contributed by atoms with Crippen LogP contribution in [0.3, 0.4) is 0 Å². The molecule has 21 heteroatoms. The molecule has 0 aliphatic carbocycles. The SMILES string of the molecule is C.Cc1ccsc1N.Cc1ccsc1NC(=O)Nc1ccccc1.ClCCl.O=C(Nc1ccccc1)Nc1sccc1C(=O)O.O=C=Nc1ccccc1.O=c1oc(Nc2ccccc2)nc2sccc12. The smallest absolute Gasteiger partial charge is 0.349 e. The van der Waals surface area contributed by atoms with E-state index in [4.69, 9.17) is 38.5 Å². The molecule has 0 unspecified atom stereocenters. The number of rotatable bonds is 8. The number of fused-ring (bicyclic) bond motifs is 1. The number of nitrogens with two attached hydrogens (primary N) is 1. The van der Waals surface area contributed by atoms with E-state index in [1.54, 1.807) is 59.2 Å². The van der Waals surface area contributed by atoms with Gasteiger partial charge in [0.2, 0.25) is 6.08 Å². The number of anilines is 7. The van der Waals surface area contributed by atoms with Crippen molar-refractivity contribution in [2.75, 3.05) is 37.7 Å². The van der Waals surface area contributed by atoms with Crippen molar-refractivity contribution in [1.29, 1.82) is 0 Å². The van der Waals surface area contributed by atoms with E-state index in [1.165, 1.54) is 40.4 Å². The largest absolute Gasteiger partial charge is 0.478 e. The number of isocyanates is 1. The predicted octanol–water partition coefficient (Wildman–Crippen LogP) is 15.1. The topological polar surface area (TPSA) is 230 Å². The number of alkyl halides is 2. The van der Waals surface area contributed by atoms with Crippen molar-refractivity contribution in [2.24, 2.45) is 4.99 Å². The van der Waals surface area contributed by atoms with Crippen molar-refractivity contribution in [2.45, 2.75) is 21.3 Å². The Hall–Kier alpha value is -7.61.